The summed E-state index contributed by atoms with van der Waals surface area (Å²) in [5.41, 5.74) is 0.975. The van der Waals surface area contributed by atoms with Crippen LogP contribution in [0.4, 0.5) is 0 Å². The van der Waals surface area contributed by atoms with Crippen LogP contribution in [0.25, 0.3) is 0 Å². The minimum Gasteiger partial charge on any atom is -0.364 e. The number of guanidine groups is 1. The topological polar surface area (TPSA) is 86.0 Å². The molecule has 2 N–H and O–H groups in total. The lowest BCUT2D eigenvalue weighted by atomic mass is 9.87. The number of rotatable bonds is 8. The Morgan fingerprint density at radius 1 is 1.20 bits per heavy atom. The summed E-state index contributed by atoms with van der Waals surface area (Å²) in [5.74, 6) is 1.70. The third kappa shape index (κ3) is 8.41. The van der Waals surface area contributed by atoms with Gasteiger partial charge < -0.3 is 20.1 Å². The maximum Gasteiger partial charge on any atom is 0.220 e. The molecule has 3 rings (SSSR count). The summed E-state index contributed by atoms with van der Waals surface area (Å²) in [6.07, 6.45) is 8.60. The first-order valence-electron chi connectivity index (χ1n) is 11.2. The van der Waals surface area contributed by atoms with Gasteiger partial charge in [0.1, 0.15) is 6.26 Å². The Hall–Kier alpha value is -1.36. The van der Waals surface area contributed by atoms with Gasteiger partial charge >= 0.3 is 0 Å². The van der Waals surface area contributed by atoms with Crippen molar-refractivity contribution in [3.63, 3.8) is 0 Å². The molecule has 1 aromatic rings. The number of nitrogens with zero attached hydrogens (tertiary/aromatic N) is 4. The molecular weight excluding hydrogens is 495 g/mol. The standard InChI is InChI=1S/C21H36N6O2.HI/c1-2-22-21(24-10-9-23-20(28)16-18-6-4-3-5-7-18)27-13-11-26(12-14-27)17-19-8-15-29-25-19;/h8,15,18H,2-7,9-14,16-17H2,1H3,(H,22,24)(H,23,28);1H. The fourth-order valence-corrected chi connectivity index (χ4v) is 4.17. The van der Waals surface area contributed by atoms with Crippen molar-refractivity contribution in [1.29, 1.82) is 0 Å². The van der Waals surface area contributed by atoms with Gasteiger partial charge in [-0.2, -0.15) is 0 Å². The maximum atomic E-state index is 12.1. The molecule has 1 saturated heterocycles. The third-order valence-corrected chi connectivity index (χ3v) is 5.78. The van der Waals surface area contributed by atoms with E-state index < -0.39 is 0 Å². The molecule has 1 saturated carbocycles. The van der Waals surface area contributed by atoms with E-state index in [1.165, 1.54) is 32.1 Å². The number of halogens is 1. The monoisotopic (exact) mass is 532 g/mol. The van der Waals surface area contributed by atoms with E-state index in [-0.39, 0.29) is 29.9 Å². The summed E-state index contributed by atoms with van der Waals surface area (Å²) in [7, 11) is 0. The number of hydrogen-bond donors (Lipinski definition) is 2. The highest BCUT2D eigenvalue weighted by Gasteiger charge is 2.20. The molecule has 0 unspecified atom stereocenters. The molecule has 30 heavy (non-hydrogen) atoms. The maximum absolute atomic E-state index is 12.1. The van der Waals surface area contributed by atoms with Crippen LogP contribution < -0.4 is 10.6 Å². The lowest BCUT2D eigenvalue weighted by Gasteiger charge is -2.36. The van der Waals surface area contributed by atoms with Crippen LogP contribution in [0.3, 0.4) is 0 Å². The summed E-state index contributed by atoms with van der Waals surface area (Å²) >= 11 is 0. The third-order valence-electron chi connectivity index (χ3n) is 5.78. The van der Waals surface area contributed by atoms with Crippen molar-refractivity contribution in [1.82, 2.24) is 25.6 Å². The number of aliphatic imine (C=N–C) groups is 1. The molecule has 1 amide bonds. The number of nitrogens with one attached hydrogen (secondary N) is 2. The van der Waals surface area contributed by atoms with E-state index in [2.05, 4.69) is 32.5 Å². The molecular formula is C21H37IN6O2. The van der Waals surface area contributed by atoms with Gasteiger partial charge in [-0.3, -0.25) is 14.7 Å². The first kappa shape index (κ1) is 24.9. The SMILES string of the molecule is CCNC(=NCCNC(=O)CC1CCCCC1)N1CCN(Cc2ccon2)CC1.I. The molecule has 0 radical (unpaired) electrons. The van der Waals surface area contributed by atoms with Crippen LogP contribution in [-0.4, -0.2) is 72.6 Å². The van der Waals surface area contributed by atoms with Crippen LogP contribution in [0.2, 0.25) is 0 Å². The van der Waals surface area contributed by atoms with Gasteiger partial charge in [-0.25, -0.2) is 0 Å². The highest BCUT2D eigenvalue weighted by atomic mass is 127. The van der Waals surface area contributed by atoms with Crippen molar-refractivity contribution < 1.29 is 9.32 Å². The average Bonchev–Trinajstić information content (AvgIpc) is 3.25. The summed E-state index contributed by atoms with van der Waals surface area (Å²) in [6.45, 7) is 8.75. The van der Waals surface area contributed by atoms with E-state index in [0.717, 1.165) is 50.9 Å². The highest BCUT2D eigenvalue weighted by Crippen LogP contribution is 2.25. The summed E-state index contributed by atoms with van der Waals surface area (Å²) < 4.78 is 4.92. The van der Waals surface area contributed by atoms with Crippen molar-refractivity contribution >= 4 is 35.8 Å². The Labute approximate surface area is 197 Å². The molecule has 0 aromatic carbocycles. The van der Waals surface area contributed by atoms with Crippen LogP contribution in [-0.2, 0) is 11.3 Å². The van der Waals surface area contributed by atoms with Gasteiger partial charge in [-0.05, 0) is 25.7 Å². The summed E-state index contributed by atoms with van der Waals surface area (Å²) in [5, 5.41) is 10.4. The first-order chi connectivity index (χ1) is 14.2. The molecule has 8 nitrogen and oxygen atoms in total. The molecule has 0 spiro atoms. The van der Waals surface area contributed by atoms with Crippen LogP contribution in [0.15, 0.2) is 21.8 Å². The zero-order valence-corrected chi connectivity index (χ0v) is 20.5. The van der Waals surface area contributed by atoms with Crippen molar-refractivity contribution in [2.24, 2.45) is 10.9 Å². The van der Waals surface area contributed by atoms with E-state index in [1.807, 2.05) is 6.07 Å². The van der Waals surface area contributed by atoms with Gasteiger partial charge in [-0.15, -0.1) is 24.0 Å². The predicted octanol–water partition coefficient (Wildman–Crippen LogP) is 2.46. The van der Waals surface area contributed by atoms with Crippen LogP contribution in [0.5, 0.6) is 0 Å². The average molecular weight is 532 g/mol. The lowest BCUT2D eigenvalue weighted by molar-refractivity contribution is -0.122. The number of aromatic nitrogens is 1. The number of amides is 1. The Kier molecular flexibility index (Phi) is 11.5. The highest BCUT2D eigenvalue weighted by molar-refractivity contribution is 14.0. The van der Waals surface area contributed by atoms with Crippen molar-refractivity contribution in [2.45, 2.75) is 52.0 Å². The molecule has 2 heterocycles. The van der Waals surface area contributed by atoms with Crippen LogP contribution in [0, 0.1) is 5.92 Å². The van der Waals surface area contributed by atoms with Gasteiger partial charge in [-0.1, -0.05) is 24.4 Å². The van der Waals surface area contributed by atoms with Crippen LogP contribution >= 0.6 is 24.0 Å². The van der Waals surface area contributed by atoms with Gasteiger partial charge in [0.15, 0.2) is 5.96 Å². The van der Waals surface area contributed by atoms with E-state index in [0.29, 0.717) is 25.4 Å². The van der Waals surface area contributed by atoms with E-state index in [1.54, 1.807) is 6.26 Å². The quantitative estimate of drug-likeness (QED) is 0.232. The molecule has 9 heteroatoms. The van der Waals surface area contributed by atoms with Gasteiger partial charge in [0.2, 0.25) is 5.91 Å². The molecule has 0 bridgehead atoms. The smallest absolute Gasteiger partial charge is 0.220 e. The predicted molar refractivity (Wildman–Crippen MR) is 129 cm³/mol. The van der Waals surface area contributed by atoms with Gasteiger partial charge in [0, 0.05) is 58.3 Å². The summed E-state index contributed by atoms with van der Waals surface area (Å²) in [4.78, 5) is 21.6. The fourth-order valence-electron chi connectivity index (χ4n) is 4.17. The minimum absolute atomic E-state index is 0. The largest absolute Gasteiger partial charge is 0.364 e. The second kappa shape index (κ2) is 13.8. The molecule has 0 atom stereocenters. The lowest BCUT2D eigenvalue weighted by Crippen LogP contribution is -2.52. The molecule has 1 aliphatic carbocycles. The van der Waals surface area contributed by atoms with E-state index in [4.69, 9.17) is 9.52 Å². The zero-order valence-electron chi connectivity index (χ0n) is 18.1. The Morgan fingerprint density at radius 2 is 1.97 bits per heavy atom. The van der Waals surface area contributed by atoms with Crippen LogP contribution in [0.1, 0.15) is 51.1 Å². The second-order valence-corrected chi connectivity index (χ2v) is 8.05. The number of piperazine rings is 1. The molecule has 2 fully saturated rings. The summed E-state index contributed by atoms with van der Waals surface area (Å²) in [6, 6.07) is 1.92. The van der Waals surface area contributed by atoms with Gasteiger partial charge in [0.05, 0.1) is 12.2 Å². The van der Waals surface area contributed by atoms with Crippen molar-refractivity contribution in [3.05, 3.63) is 18.0 Å². The molecule has 2 aliphatic rings. The van der Waals surface area contributed by atoms with Crippen molar-refractivity contribution in [2.75, 3.05) is 45.8 Å². The fraction of sp³-hybridized carbons (Fsp3) is 0.762. The van der Waals surface area contributed by atoms with Gasteiger partial charge in [0.25, 0.3) is 0 Å². The number of hydrogen-bond acceptors (Lipinski definition) is 5. The zero-order chi connectivity index (χ0) is 20.3. The first-order valence-corrected chi connectivity index (χ1v) is 11.2. The van der Waals surface area contributed by atoms with Crippen molar-refractivity contribution in [3.8, 4) is 0 Å². The molecule has 1 aromatic heterocycles. The Balaban J connectivity index is 0.00000320. The number of carbonyl (C=O) groups excluding carboxylic acids is 1. The number of carbonyl (C=O) groups is 1. The molecule has 1 aliphatic heterocycles. The second-order valence-electron chi connectivity index (χ2n) is 8.05. The molecule has 170 valence electrons. The van der Waals surface area contributed by atoms with E-state index in [9.17, 15) is 4.79 Å². The normalized spacial score (nSPS) is 18.7. The Morgan fingerprint density at radius 3 is 2.63 bits per heavy atom. The minimum atomic E-state index is 0. The Bertz CT molecular complexity index is 625. The van der Waals surface area contributed by atoms with E-state index >= 15 is 0 Å².